The maximum Gasteiger partial charge on any atom is 0.226 e. The molecule has 132 valence electrons. The average molecular weight is 354 g/mol. The van der Waals surface area contributed by atoms with Gasteiger partial charge in [-0.05, 0) is 17.7 Å². The van der Waals surface area contributed by atoms with Gasteiger partial charge in [-0.2, -0.15) is 0 Å². The molecule has 2 aliphatic heterocycles. The maximum absolute atomic E-state index is 12.6. The van der Waals surface area contributed by atoms with Gasteiger partial charge < -0.3 is 20.3 Å². The lowest BCUT2D eigenvalue weighted by Crippen LogP contribution is -2.49. The van der Waals surface area contributed by atoms with Crippen LogP contribution in [-0.2, 0) is 9.59 Å². The predicted molar refractivity (Wildman–Crippen MR) is 93.2 cm³/mol. The Bertz CT molecular complexity index is 589. The molecule has 2 N–H and O–H groups in total. The molecule has 0 aliphatic carbocycles. The lowest BCUT2D eigenvalue weighted by molar-refractivity contribution is -0.128. The van der Waals surface area contributed by atoms with Crippen molar-refractivity contribution in [2.75, 3.05) is 33.8 Å². The Morgan fingerprint density at radius 2 is 2.00 bits per heavy atom. The third-order valence-corrected chi connectivity index (χ3v) is 4.81. The molecule has 0 aromatic heterocycles. The molecule has 24 heavy (non-hydrogen) atoms. The first-order valence-corrected chi connectivity index (χ1v) is 7.98. The van der Waals surface area contributed by atoms with Crippen LogP contribution in [0.4, 0.5) is 0 Å². The molecule has 1 aromatic rings. The van der Waals surface area contributed by atoms with Crippen molar-refractivity contribution in [3.8, 4) is 5.75 Å². The number of methoxy groups -OCH3 is 1. The van der Waals surface area contributed by atoms with Crippen molar-refractivity contribution in [1.82, 2.24) is 15.5 Å². The van der Waals surface area contributed by atoms with Crippen LogP contribution in [0.2, 0.25) is 0 Å². The number of likely N-dealkylation sites (tertiary alicyclic amines) is 1. The molecule has 2 aliphatic rings. The van der Waals surface area contributed by atoms with Crippen LogP contribution < -0.4 is 15.4 Å². The maximum atomic E-state index is 12.6. The molecule has 0 spiro atoms. The molecule has 2 heterocycles. The van der Waals surface area contributed by atoms with E-state index in [1.165, 1.54) is 0 Å². The van der Waals surface area contributed by atoms with Crippen LogP contribution in [0.5, 0.6) is 5.75 Å². The van der Waals surface area contributed by atoms with E-state index < -0.39 is 0 Å². The molecule has 6 nitrogen and oxygen atoms in total. The Morgan fingerprint density at radius 1 is 1.33 bits per heavy atom. The molecule has 0 saturated carbocycles. The van der Waals surface area contributed by atoms with E-state index in [2.05, 4.69) is 10.6 Å². The van der Waals surface area contributed by atoms with Crippen LogP contribution in [0.25, 0.3) is 0 Å². The van der Waals surface area contributed by atoms with Crippen LogP contribution >= 0.6 is 12.4 Å². The quantitative estimate of drug-likeness (QED) is 0.827. The Labute approximate surface area is 148 Å². The normalized spacial score (nSPS) is 23.4. The van der Waals surface area contributed by atoms with Crippen molar-refractivity contribution in [1.29, 1.82) is 0 Å². The highest BCUT2D eigenvalue weighted by Gasteiger charge is 2.42. The van der Waals surface area contributed by atoms with Crippen molar-refractivity contribution in [2.24, 2.45) is 11.8 Å². The van der Waals surface area contributed by atoms with Crippen molar-refractivity contribution in [2.45, 2.75) is 12.5 Å². The van der Waals surface area contributed by atoms with Crippen LogP contribution in [0, 0.1) is 11.8 Å². The lowest BCUT2D eigenvalue weighted by atomic mass is 9.92. The Balaban J connectivity index is 0.00000208. The second-order valence-electron chi connectivity index (χ2n) is 6.30. The molecule has 0 bridgehead atoms. The monoisotopic (exact) mass is 353 g/mol. The minimum absolute atomic E-state index is 0. The number of ether oxygens (including phenoxy) is 1. The molecule has 2 saturated heterocycles. The minimum atomic E-state index is -0.339. The SMILES string of the molecule is COc1ccc(C2C(C(=O)NCC3CNC3)CC(=O)N2C)cc1.Cl. The van der Waals surface area contributed by atoms with E-state index in [1.54, 1.807) is 19.1 Å². The minimum Gasteiger partial charge on any atom is -0.497 e. The highest BCUT2D eigenvalue weighted by molar-refractivity contribution is 5.90. The summed E-state index contributed by atoms with van der Waals surface area (Å²) in [5.41, 5.74) is 0.963. The first-order chi connectivity index (χ1) is 11.1. The summed E-state index contributed by atoms with van der Waals surface area (Å²) >= 11 is 0. The van der Waals surface area contributed by atoms with Crippen LogP contribution in [0.15, 0.2) is 24.3 Å². The Kier molecular flexibility index (Phi) is 6.07. The van der Waals surface area contributed by atoms with Gasteiger partial charge in [0.1, 0.15) is 5.75 Å². The molecular formula is C17H24ClN3O3. The first kappa shape index (κ1) is 18.5. The van der Waals surface area contributed by atoms with Crippen LogP contribution in [0.3, 0.4) is 0 Å². The van der Waals surface area contributed by atoms with E-state index in [0.29, 0.717) is 12.5 Å². The molecule has 3 rings (SSSR count). The van der Waals surface area contributed by atoms with E-state index in [9.17, 15) is 9.59 Å². The highest BCUT2D eigenvalue weighted by Crippen LogP contribution is 2.37. The van der Waals surface area contributed by atoms with Gasteiger partial charge in [-0.25, -0.2) is 0 Å². The zero-order chi connectivity index (χ0) is 16.4. The largest absolute Gasteiger partial charge is 0.497 e. The Hall–Kier alpha value is -1.79. The van der Waals surface area contributed by atoms with Crippen molar-refractivity contribution in [3.63, 3.8) is 0 Å². The van der Waals surface area contributed by atoms with Gasteiger partial charge in [0.15, 0.2) is 0 Å². The van der Waals surface area contributed by atoms with Crippen molar-refractivity contribution < 1.29 is 14.3 Å². The molecule has 0 radical (unpaired) electrons. The lowest BCUT2D eigenvalue weighted by Gasteiger charge is -2.29. The number of hydrogen-bond donors (Lipinski definition) is 2. The number of halogens is 1. The van der Waals surface area contributed by atoms with E-state index >= 15 is 0 Å². The molecule has 2 atom stereocenters. The summed E-state index contributed by atoms with van der Waals surface area (Å²) in [6.07, 6.45) is 0.266. The Morgan fingerprint density at radius 3 is 2.54 bits per heavy atom. The number of amides is 2. The molecule has 2 fully saturated rings. The van der Waals surface area contributed by atoms with Gasteiger partial charge in [-0.15, -0.1) is 12.4 Å². The van der Waals surface area contributed by atoms with Crippen LogP contribution in [-0.4, -0.2) is 50.5 Å². The fourth-order valence-electron chi connectivity index (χ4n) is 3.23. The number of rotatable bonds is 5. The molecule has 1 aromatic carbocycles. The summed E-state index contributed by atoms with van der Waals surface area (Å²) in [6, 6.07) is 7.36. The number of carbonyl (C=O) groups excluding carboxylic acids is 2. The van der Waals surface area contributed by atoms with Gasteiger partial charge in [-0.1, -0.05) is 12.1 Å². The van der Waals surface area contributed by atoms with Gasteiger partial charge in [-0.3, -0.25) is 9.59 Å². The summed E-state index contributed by atoms with van der Waals surface area (Å²) in [4.78, 5) is 26.3. The van der Waals surface area contributed by atoms with Gasteiger partial charge in [0.05, 0.1) is 19.1 Å². The van der Waals surface area contributed by atoms with Gasteiger partial charge in [0, 0.05) is 39.0 Å². The second kappa shape index (κ2) is 7.85. The number of nitrogens with zero attached hydrogens (tertiary/aromatic N) is 1. The number of nitrogens with one attached hydrogen (secondary N) is 2. The predicted octanol–water partition coefficient (Wildman–Crippen LogP) is 0.972. The van der Waals surface area contributed by atoms with E-state index in [4.69, 9.17) is 4.74 Å². The fourth-order valence-corrected chi connectivity index (χ4v) is 3.23. The van der Waals surface area contributed by atoms with Crippen LogP contribution in [0.1, 0.15) is 18.0 Å². The smallest absolute Gasteiger partial charge is 0.226 e. The van der Waals surface area contributed by atoms with E-state index in [0.717, 1.165) is 24.4 Å². The topological polar surface area (TPSA) is 70.7 Å². The third-order valence-electron chi connectivity index (χ3n) is 4.81. The average Bonchev–Trinajstić information content (AvgIpc) is 2.81. The first-order valence-electron chi connectivity index (χ1n) is 7.98. The third kappa shape index (κ3) is 3.65. The summed E-state index contributed by atoms with van der Waals surface area (Å²) in [6.45, 7) is 2.58. The second-order valence-corrected chi connectivity index (χ2v) is 6.30. The molecule has 7 heteroatoms. The van der Waals surface area contributed by atoms with Gasteiger partial charge >= 0.3 is 0 Å². The summed E-state index contributed by atoms with van der Waals surface area (Å²) in [7, 11) is 3.38. The summed E-state index contributed by atoms with van der Waals surface area (Å²) < 4.78 is 5.17. The van der Waals surface area contributed by atoms with Gasteiger partial charge in [0.25, 0.3) is 0 Å². The molecule has 2 unspecified atom stereocenters. The molecule has 2 amide bonds. The van der Waals surface area contributed by atoms with Gasteiger partial charge in [0.2, 0.25) is 11.8 Å². The standard InChI is InChI=1S/C17H23N3O3.ClH/c1-20-15(21)7-14(17(22)19-10-11-8-18-9-11)16(20)12-3-5-13(23-2)6-4-12;/h3-6,11,14,16,18H,7-10H2,1-2H3,(H,19,22);1H. The number of hydrogen-bond acceptors (Lipinski definition) is 4. The summed E-state index contributed by atoms with van der Waals surface area (Å²) in [5.74, 6) is 0.910. The fraction of sp³-hybridized carbons (Fsp3) is 0.529. The number of benzene rings is 1. The van der Waals surface area contributed by atoms with E-state index in [-0.39, 0.29) is 42.6 Å². The highest BCUT2D eigenvalue weighted by atomic mass is 35.5. The molecular weight excluding hydrogens is 330 g/mol. The zero-order valence-corrected chi connectivity index (χ0v) is 14.8. The number of carbonyl (C=O) groups is 2. The zero-order valence-electron chi connectivity index (χ0n) is 14.0. The van der Waals surface area contributed by atoms with Crippen molar-refractivity contribution in [3.05, 3.63) is 29.8 Å². The van der Waals surface area contributed by atoms with E-state index in [1.807, 2.05) is 24.3 Å². The summed E-state index contributed by atoms with van der Waals surface area (Å²) in [5, 5.41) is 6.20. The van der Waals surface area contributed by atoms with Crippen molar-refractivity contribution >= 4 is 24.2 Å².